The van der Waals surface area contributed by atoms with E-state index >= 15 is 0 Å². The molecule has 0 aliphatic carbocycles. The normalized spacial score (nSPS) is 15.4. The van der Waals surface area contributed by atoms with Gasteiger partial charge < -0.3 is 9.80 Å². The number of piperazine rings is 1. The van der Waals surface area contributed by atoms with Gasteiger partial charge in [0.25, 0.3) is 5.91 Å². The van der Waals surface area contributed by atoms with Crippen molar-refractivity contribution in [2.24, 2.45) is 0 Å². The molecule has 0 atom stereocenters. The summed E-state index contributed by atoms with van der Waals surface area (Å²) in [5, 5.41) is 8.10. The van der Waals surface area contributed by atoms with E-state index in [1.165, 1.54) is 23.1 Å². The Labute approximate surface area is 143 Å². The number of benzene rings is 1. The van der Waals surface area contributed by atoms with Crippen LogP contribution in [0.1, 0.15) is 21.6 Å². The minimum atomic E-state index is -4.55. The molecule has 1 saturated heterocycles. The average molecular weight is 350 g/mol. The Morgan fingerprint density at radius 3 is 2.28 bits per heavy atom. The van der Waals surface area contributed by atoms with Crippen LogP contribution in [0.4, 0.5) is 19.0 Å². The van der Waals surface area contributed by atoms with Gasteiger partial charge >= 0.3 is 6.18 Å². The van der Waals surface area contributed by atoms with Crippen molar-refractivity contribution in [2.75, 3.05) is 31.1 Å². The Morgan fingerprint density at radius 1 is 1.00 bits per heavy atom. The highest BCUT2D eigenvalue weighted by molar-refractivity contribution is 5.96. The van der Waals surface area contributed by atoms with E-state index in [1.807, 2.05) is 24.0 Å². The van der Waals surface area contributed by atoms with Gasteiger partial charge in [0.2, 0.25) is 0 Å². The Morgan fingerprint density at radius 2 is 1.68 bits per heavy atom. The number of nitrogens with zero attached hydrogens (tertiary/aromatic N) is 4. The van der Waals surface area contributed by atoms with Crippen LogP contribution < -0.4 is 4.90 Å². The molecule has 0 bridgehead atoms. The van der Waals surface area contributed by atoms with Crippen molar-refractivity contribution in [1.29, 1.82) is 0 Å². The average Bonchev–Trinajstić information content (AvgIpc) is 2.61. The molecule has 0 N–H and O–H groups in total. The highest BCUT2D eigenvalue weighted by atomic mass is 19.4. The van der Waals surface area contributed by atoms with Gasteiger partial charge in [-0.25, -0.2) is 0 Å². The molecule has 1 aliphatic heterocycles. The fourth-order valence-electron chi connectivity index (χ4n) is 2.79. The van der Waals surface area contributed by atoms with E-state index in [4.69, 9.17) is 0 Å². The summed E-state index contributed by atoms with van der Waals surface area (Å²) in [6.07, 6.45) is -4.55. The fraction of sp³-hybridized carbons (Fsp3) is 0.353. The van der Waals surface area contributed by atoms with Crippen LogP contribution in [-0.2, 0) is 6.18 Å². The molecular weight excluding hydrogens is 333 g/mol. The second-order valence-corrected chi connectivity index (χ2v) is 5.86. The number of carbonyl (C=O) groups excluding carboxylic acids is 1. The molecule has 0 unspecified atom stereocenters. The maximum absolute atomic E-state index is 13.1. The summed E-state index contributed by atoms with van der Waals surface area (Å²) in [4.78, 5) is 15.9. The van der Waals surface area contributed by atoms with Gasteiger partial charge in [0.15, 0.2) is 5.82 Å². The first-order valence-electron chi connectivity index (χ1n) is 7.87. The number of aromatic nitrogens is 2. The predicted octanol–water partition coefficient (Wildman–Crippen LogP) is 2.77. The van der Waals surface area contributed by atoms with E-state index in [0.717, 1.165) is 11.8 Å². The summed E-state index contributed by atoms with van der Waals surface area (Å²) in [5.74, 6) is 0.107. The van der Waals surface area contributed by atoms with E-state index in [1.54, 1.807) is 0 Å². The topological polar surface area (TPSA) is 49.3 Å². The van der Waals surface area contributed by atoms with Gasteiger partial charge in [-0.3, -0.25) is 4.79 Å². The van der Waals surface area contributed by atoms with Gasteiger partial charge in [-0.2, -0.15) is 18.3 Å². The zero-order chi connectivity index (χ0) is 18.0. The van der Waals surface area contributed by atoms with E-state index in [0.29, 0.717) is 32.0 Å². The van der Waals surface area contributed by atoms with Crippen LogP contribution in [0.5, 0.6) is 0 Å². The molecule has 8 heteroatoms. The Hall–Kier alpha value is -2.64. The van der Waals surface area contributed by atoms with E-state index in [-0.39, 0.29) is 5.56 Å². The molecule has 1 amide bonds. The highest BCUT2D eigenvalue weighted by Crippen LogP contribution is 2.32. The van der Waals surface area contributed by atoms with Crippen LogP contribution in [0.15, 0.2) is 36.4 Å². The summed E-state index contributed by atoms with van der Waals surface area (Å²) < 4.78 is 39.3. The molecule has 0 saturated carbocycles. The Bertz CT molecular complexity index is 753. The third-order valence-corrected chi connectivity index (χ3v) is 4.14. The number of hydrogen-bond donors (Lipinski definition) is 0. The maximum Gasteiger partial charge on any atom is 0.417 e. The van der Waals surface area contributed by atoms with Crippen LogP contribution >= 0.6 is 0 Å². The lowest BCUT2D eigenvalue weighted by Gasteiger charge is -2.35. The second-order valence-electron chi connectivity index (χ2n) is 5.86. The monoisotopic (exact) mass is 350 g/mol. The molecule has 1 aliphatic rings. The molecular formula is C17H17F3N4O. The summed E-state index contributed by atoms with van der Waals surface area (Å²) >= 11 is 0. The lowest BCUT2D eigenvalue weighted by Crippen LogP contribution is -2.49. The third kappa shape index (κ3) is 3.72. The molecule has 132 valence electrons. The van der Waals surface area contributed by atoms with Gasteiger partial charge in [0.1, 0.15) is 0 Å². The highest BCUT2D eigenvalue weighted by Gasteiger charge is 2.36. The zero-order valence-electron chi connectivity index (χ0n) is 13.6. The molecule has 1 aromatic carbocycles. The number of aryl methyl sites for hydroxylation is 1. The van der Waals surface area contributed by atoms with Crippen molar-refractivity contribution < 1.29 is 18.0 Å². The van der Waals surface area contributed by atoms with Crippen LogP contribution in [-0.4, -0.2) is 47.2 Å². The zero-order valence-corrected chi connectivity index (χ0v) is 13.6. The smallest absolute Gasteiger partial charge is 0.352 e. The molecule has 0 radical (unpaired) electrons. The first kappa shape index (κ1) is 17.2. The summed E-state index contributed by atoms with van der Waals surface area (Å²) in [6.45, 7) is 3.50. The molecule has 0 spiro atoms. The Kier molecular flexibility index (Phi) is 4.61. The molecule has 5 nitrogen and oxygen atoms in total. The maximum atomic E-state index is 13.1. The molecule has 2 heterocycles. The van der Waals surface area contributed by atoms with Gasteiger partial charge in [-0.1, -0.05) is 12.1 Å². The van der Waals surface area contributed by atoms with Gasteiger partial charge in [-0.05, 0) is 31.2 Å². The van der Waals surface area contributed by atoms with E-state index in [9.17, 15) is 18.0 Å². The SMILES string of the molecule is Cc1ccc(N2CCN(C(=O)c3ccccc3C(F)(F)F)CC2)nn1. The van der Waals surface area contributed by atoms with Crippen molar-refractivity contribution in [3.63, 3.8) is 0 Å². The third-order valence-electron chi connectivity index (χ3n) is 4.14. The minimum absolute atomic E-state index is 0.307. The van der Waals surface area contributed by atoms with Crippen LogP contribution in [0.25, 0.3) is 0 Å². The van der Waals surface area contributed by atoms with Gasteiger partial charge in [0.05, 0.1) is 16.8 Å². The predicted molar refractivity (Wildman–Crippen MR) is 86.3 cm³/mol. The Balaban J connectivity index is 1.71. The molecule has 25 heavy (non-hydrogen) atoms. The quantitative estimate of drug-likeness (QED) is 0.836. The lowest BCUT2D eigenvalue weighted by molar-refractivity contribution is -0.138. The van der Waals surface area contributed by atoms with Gasteiger partial charge in [-0.15, -0.1) is 5.10 Å². The standard InChI is InChI=1S/C17H17F3N4O/c1-12-6-7-15(22-21-12)23-8-10-24(11-9-23)16(25)13-4-2-3-5-14(13)17(18,19)20/h2-7H,8-11H2,1H3. The summed E-state index contributed by atoms with van der Waals surface area (Å²) in [6, 6.07) is 8.58. The van der Waals surface area contributed by atoms with Crippen molar-refractivity contribution in [2.45, 2.75) is 13.1 Å². The number of hydrogen-bond acceptors (Lipinski definition) is 4. The largest absolute Gasteiger partial charge is 0.417 e. The van der Waals surface area contributed by atoms with Gasteiger partial charge in [0, 0.05) is 26.2 Å². The number of rotatable bonds is 2. The lowest BCUT2D eigenvalue weighted by atomic mass is 10.1. The molecule has 3 rings (SSSR count). The first-order chi connectivity index (χ1) is 11.9. The summed E-state index contributed by atoms with van der Waals surface area (Å²) in [5.41, 5.74) is -0.397. The molecule has 2 aromatic rings. The first-order valence-corrected chi connectivity index (χ1v) is 7.87. The van der Waals surface area contributed by atoms with Crippen LogP contribution in [0.2, 0.25) is 0 Å². The number of anilines is 1. The minimum Gasteiger partial charge on any atom is -0.352 e. The summed E-state index contributed by atoms with van der Waals surface area (Å²) in [7, 11) is 0. The second kappa shape index (κ2) is 6.70. The van der Waals surface area contributed by atoms with Crippen molar-refractivity contribution >= 4 is 11.7 Å². The van der Waals surface area contributed by atoms with Crippen LogP contribution in [0, 0.1) is 6.92 Å². The number of carbonyl (C=O) groups is 1. The molecule has 1 aromatic heterocycles. The number of amides is 1. The van der Waals surface area contributed by atoms with Crippen molar-refractivity contribution in [3.05, 3.63) is 53.2 Å². The van der Waals surface area contributed by atoms with Crippen LogP contribution in [0.3, 0.4) is 0 Å². The van der Waals surface area contributed by atoms with E-state index in [2.05, 4.69) is 10.2 Å². The van der Waals surface area contributed by atoms with Crippen molar-refractivity contribution in [1.82, 2.24) is 15.1 Å². The molecule has 1 fully saturated rings. The number of halogens is 3. The van der Waals surface area contributed by atoms with E-state index < -0.39 is 17.6 Å². The number of alkyl halides is 3. The van der Waals surface area contributed by atoms with Crippen molar-refractivity contribution in [3.8, 4) is 0 Å². The fourth-order valence-corrected chi connectivity index (χ4v) is 2.79.